The number of methoxy groups -OCH3 is 1. The van der Waals surface area contributed by atoms with Crippen LogP contribution in [0.2, 0.25) is 5.02 Å². The van der Waals surface area contributed by atoms with Gasteiger partial charge in [0.2, 0.25) is 0 Å². The first-order valence-corrected chi connectivity index (χ1v) is 6.58. The maximum absolute atomic E-state index is 10.9. The molecule has 2 rings (SSSR count). The molecule has 0 atom stereocenters. The van der Waals surface area contributed by atoms with Crippen LogP contribution in [0.15, 0.2) is 41.5 Å². The van der Waals surface area contributed by atoms with Crippen LogP contribution in [-0.2, 0) is 0 Å². The van der Waals surface area contributed by atoms with E-state index >= 15 is 0 Å². The average Bonchev–Trinajstić information content (AvgIpc) is 2.50. The van der Waals surface area contributed by atoms with Gasteiger partial charge in [-0.15, -0.1) is 0 Å². The highest BCUT2D eigenvalue weighted by Gasteiger charge is 2.07. The Balaban J connectivity index is 2.19. The average molecular weight is 321 g/mol. The smallest absolute Gasteiger partial charge is 0.335 e. The SMILES string of the molecule is COc1cccc(/C=N/Nc2cc(C(=O)O)ccc2Cl)c1O. The summed E-state index contributed by atoms with van der Waals surface area (Å²) in [4.78, 5) is 10.9. The van der Waals surface area contributed by atoms with Crippen LogP contribution >= 0.6 is 11.6 Å². The van der Waals surface area contributed by atoms with Crippen LogP contribution in [0.5, 0.6) is 11.5 Å². The second-order valence-corrected chi connectivity index (χ2v) is 4.68. The van der Waals surface area contributed by atoms with Gasteiger partial charge in [0.1, 0.15) is 0 Å². The van der Waals surface area contributed by atoms with Gasteiger partial charge in [0.05, 0.1) is 29.6 Å². The number of aromatic carboxylic acids is 1. The number of carboxylic acid groups (broad SMARTS) is 1. The first-order valence-electron chi connectivity index (χ1n) is 6.21. The largest absolute Gasteiger partial charge is 0.504 e. The summed E-state index contributed by atoms with van der Waals surface area (Å²) in [5.41, 5.74) is 3.52. The quantitative estimate of drug-likeness (QED) is 0.581. The van der Waals surface area contributed by atoms with Gasteiger partial charge < -0.3 is 14.9 Å². The Kier molecular flexibility index (Phi) is 4.85. The van der Waals surface area contributed by atoms with Gasteiger partial charge in [0, 0.05) is 5.56 Å². The fourth-order valence-electron chi connectivity index (χ4n) is 1.72. The number of hydrogen-bond acceptors (Lipinski definition) is 5. The third kappa shape index (κ3) is 3.48. The third-order valence-corrected chi connectivity index (χ3v) is 3.18. The van der Waals surface area contributed by atoms with Gasteiger partial charge in [-0.25, -0.2) is 4.79 Å². The van der Waals surface area contributed by atoms with Crippen molar-refractivity contribution in [3.8, 4) is 11.5 Å². The Morgan fingerprint density at radius 3 is 2.82 bits per heavy atom. The number of anilines is 1. The second-order valence-electron chi connectivity index (χ2n) is 4.27. The Hall–Kier alpha value is -2.73. The highest BCUT2D eigenvalue weighted by atomic mass is 35.5. The second kappa shape index (κ2) is 6.82. The van der Waals surface area contributed by atoms with Gasteiger partial charge in [0.25, 0.3) is 0 Å². The molecule has 0 aliphatic carbocycles. The maximum atomic E-state index is 10.9. The van der Waals surface area contributed by atoms with Gasteiger partial charge in [-0.1, -0.05) is 17.7 Å². The molecule has 0 fully saturated rings. The summed E-state index contributed by atoms with van der Waals surface area (Å²) in [6.07, 6.45) is 1.38. The van der Waals surface area contributed by atoms with E-state index in [1.165, 1.54) is 31.5 Å². The molecule has 0 amide bonds. The number of halogens is 1. The number of hydrogen-bond donors (Lipinski definition) is 3. The number of carboxylic acids is 1. The van der Waals surface area contributed by atoms with E-state index in [1.807, 2.05) is 0 Å². The number of aromatic hydroxyl groups is 1. The number of benzene rings is 2. The zero-order chi connectivity index (χ0) is 16.1. The van der Waals surface area contributed by atoms with Crippen molar-refractivity contribution >= 4 is 29.5 Å². The standard InChI is InChI=1S/C15H13ClN2O4/c1-22-13-4-2-3-10(14(13)19)8-17-18-12-7-9(15(20)21)5-6-11(12)16/h2-8,18-19H,1H3,(H,20,21)/b17-8+. The van der Waals surface area contributed by atoms with E-state index in [2.05, 4.69) is 10.5 Å². The van der Waals surface area contributed by atoms with Crippen LogP contribution in [0.4, 0.5) is 5.69 Å². The number of para-hydroxylation sites is 1. The maximum Gasteiger partial charge on any atom is 0.335 e. The highest BCUT2D eigenvalue weighted by molar-refractivity contribution is 6.33. The number of nitrogens with one attached hydrogen (secondary N) is 1. The van der Waals surface area contributed by atoms with E-state index in [9.17, 15) is 9.90 Å². The predicted octanol–water partition coefficient (Wildman–Crippen LogP) is 3.20. The van der Waals surface area contributed by atoms with Crippen molar-refractivity contribution in [1.29, 1.82) is 0 Å². The number of nitrogens with zero attached hydrogens (tertiary/aromatic N) is 1. The molecule has 0 unspecified atom stereocenters. The molecule has 0 spiro atoms. The Labute approximate surface area is 131 Å². The summed E-state index contributed by atoms with van der Waals surface area (Å²) in [5, 5.41) is 23.1. The molecule has 0 saturated heterocycles. The molecule has 22 heavy (non-hydrogen) atoms. The van der Waals surface area contributed by atoms with Crippen LogP contribution in [0, 0.1) is 0 Å². The first kappa shape index (κ1) is 15.7. The number of rotatable bonds is 5. The van der Waals surface area contributed by atoms with Crippen molar-refractivity contribution in [2.45, 2.75) is 0 Å². The number of hydrazone groups is 1. The fraction of sp³-hybridized carbons (Fsp3) is 0.0667. The van der Waals surface area contributed by atoms with Crippen molar-refractivity contribution in [2.75, 3.05) is 12.5 Å². The molecule has 2 aromatic carbocycles. The van der Waals surface area contributed by atoms with Crippen molar-refractivity contribution in [3.63, 3.8) is 0 Å². The molecule has 7 heteroatoms. The van der Waals surface area contributed by atoms with Gasteiger partial charge in [-0.3, -0.25) is 5.43 Å². The molecule has 0 saturated carbocycles. The van der Waals surface area contributed by atoms with Crippen LogP contribution in [0.25, 0.3) is 0 Å². The van der Waals surface area contributed by atoms with E-state index in [1.54, 1.807) is 18.2 Å². The van der Waals surface area contributed by atoms with E-state index in [0.717, 1.165) is 0 Å². The summed E-state index contributed by atoms with van der Waals surface area (Å²) in [5.74, 6) is -0.773. The molecule has 6 nitrogen and oxygen atoms in total. The van der Waals surface area contributed by atoms with Crippen LogP contribution in [-0.4, -0.2) is 29.5 Å². The van der Waals surface area contributed by atoms with E-state index in [-0.39, 0.29) is 11.3 Å². The Morgan fingerprint density at radius 1 is 1.36 bits per heavy atom. The normalized spacial score (nSPS) is 10.6. The lowest BCUT2D eigenvalue weighted by molar-refractivity contribution is 0.0697. The van der Waals surface area contributed by atoms with E-state index in [0.29, 0.717) is 22.0 Å². The Morgan fingerprint density at radius 2 is 2.14 bits per heavy atom. The third-order valence-electron chi connectivity index (χ3n) is 2.85. The van der Waals surface area contributed by atoms with Crippen molar-refractivity contribution in [3.05, 3.63) is 52.5 Å². The van der Waals surface area contributed by atoms with Gasteiger partial charge in [-0.05, 0) is 30.3 Å². The van der Waals surface area contributed by atoms with E-state index < -0.39 is 5.97 Å². The molecule has 0 heterocycles. The highest BCUT2D eigenvalue weighted by Crippen LogP contribution is 2.28. The van der Waals surface area contributed by atoms with Crippen molar-refractivity contribution in [1.82, 2.24) is 0 Å². The molecule has 0 bridgehead atoms. The molecule has 3 N–H and O–H groups in total. The molecule has 2 aromatic rings. The van der Waals surface area contributed by atoms with Gasteiger partial charge in [-0.2, -0.15) is 5.10 Å². The monoisotopic (exact) mass is 320 g/mol. The Bertz CT molecular complexity index is 731. The zero-order valence-electron chi connectivity index (χ0n) is 11.6. The van der Waals surface area contributed by atoms with Crippen LogP contribution in [0.1, 0.15) is 15.9 Å². The number of carbonyl (C=O) groups is 1. The fourth-order valence-corrected chi connectivity index (χ4v) is 1.88. The molecule has 0 aromatic heterocycles. The van der Waals surface area contributed by atoms with Gasteiger partial charge >= 0.3 is 5.97 Å². The lowest BCUT2D eigenvalue weighted by Crippen LogP contribution is -1.98. The lowest BCUT2D eigenvalue weighted by Gasteiger charge is -2.06. The summed E-state index contributed by atoms with van der Waals surface area (Å²) in [6, 6.07) is 9.20. The lowest BCUT2D eigenvalue weighted by atomic mass is 10.2. The minimum Gasteiger partial charge on any atom is -0.504 e. The summed E-state index contributed by atoms with van der Waals surface area (Å²) in [6.45, 7) is 0. The molecule has 114 valence electrons. The van der Waals surface area contributed by atoms with Crippen LogP contribution in [0.3, 0.4) is 0 Å². The van der Waals surface area contributed by atoms with E-state index in [4.69, 9.17) is 21.4 Å². The molecular formula is C15H13ClN2O4. The molecular weight excluding hydrogens is 308 g/mol. The van der Waals surface area contributed by atoms with Crippen molar-refractivity contribution < 1.29 is 19.7 Å². The van der Waals surface area contributed by atoms with Crippen LogP contribution < -0.4 is 10.2 Å². The number of ether oxygens (including phenoxy) is 1. The minimum atomic E-state index is -1.06. The predicted molar refractivity (Wildman–Crippen MR) is 84.3 cm³/mol. The summed E-state index contributed by atoms with van der Waals surface area (Å²) >= 11 is 5.96. The molecule has 0 aliphatic rings. The first-order chi connectivity index (χ1) is 10.5. The summed E-state index contributed by atoms with van der Waals surface area (Å²) in [7, 11) is 1.45. The molecule has 0 radical (unpaired) electrons. The zero-order valence-corrected chi connectivity index (χ0v) is 12.3. The summed E-state index contributed by atoms with van der Waals surface area (Å²) < 4.78 is 4.99. The number of phenolic OH excluding ortho intramolecular Hbond substituents is 1. The topological polar surface area (TPSA) is 91.2 Å². The molecule has 0 aliphatic heterocycles. The number of phenols is 1. The van der Waals surface area contributed by atoms with Crippen molar-refractivity contribution in [2.24, 2.45) is 5.10 Å². The minimum absolute atomic E-state index is 0.0408. The van der Waals surface area contributed by atoms with Gasteiger partial charge in [0.15, 0.2) is 11.5 Å².